The molecule has 0 fully saturated rings. The Bertz CT molecular complexity index is 2350. The number of esters is 4. The molecule has 0 unspecified atom stereocenters. The van der Waals surface area contributed by atoms with Crippen LogP contribution < -0.4 is 0 Å². The molecular weight excluding hydrogens is 901 g/mol. The minimum absolute atomic E-state index is 0.0555. The summed E-state index contributed by atoms with van der Waals surface area (Å²) in [6, 6.07) is 17.9. The number of phenolic OH excluding ortho intramolecular Hbond substituents is 4. The van der Waals surface area contributed by atoms with Crippen molar-refractivity contribution >= 4 is 23.9 Å². The number of benzene rings is 4. The van der Waals surface area contributed by atoms with Crippen LogP contribution in [0.4, 0.5) is 0 Å². The lowest BCUT2D eigenvalue weighted by Gasteiger charge is -2.31. The molecule has 0 amide bonds. The molecule has 0 atom stereocenters. The van der Waals surface area contributed by atoms with Crippen molar-refractivity contribution in [1.29, 1.82) is 0 Å². The van der Waals surface area contributed by atoms with E-state index in [0.29, 0.717) is 11.1 Å². The molecule has 12 nitrogen and oxygen atoms in total. The summed E-state index contributed by atoms with van der Waals surface area (Å²) in [4.78, 5) is 54.5. The number of hydrogen-bond acceptors (Lipinski definition) is 12. The molecule has 4 aromatic carbocycles. The molecule has 12 heteroatoms. The van der Waals surface area contributed by atoms with Crippen molar-refractivity contribution in [2.45, 2.75) is 170 Å². The Morgan fingerprint density at radius 2 is 0.676 bits per heavy atom. The molecule has 71 heavy (non-hydrogen) atoms. The molecule has 0 saturated carbocycles. The number of ether oxygens (including phenoxy) is 4. The Morgan fingerprint density at radius 1 is 0.394 bits per heavy atom. The number of carbonyl (C=O) groups is 4. The largest absolute Gasteiger partial charge is 0.508 e. The van der Waals surface area contributed by atoms with Crippen molar-refractivity contribution in [2.24, 2.45) is 5.41 Å². The average Bonchev–Trinajstić information content (AvgIpc) is 3.26. The lowest BCUT2D eigenvalue weighted by atomic mass is 9.83. The highest BCUT2D eigenvalue weighted by molar-refractivity contribution is 5.72. The van der Waals surface area contributed by atoms with Crippen LogP contribution in [0.1, 0.15) is 164 Å². The number of hydrogen-bond donors (Lipinski definition) is 4. The van der Waals surface area contributed by atoms with Crippen LogP contribution in [0.3, 0.4) is 0 Å². The molecule has 0 saturated heterocycles. The van der Waals surface area contributed by atoms with Gasteiger partial charge in [-0.2, -0.15) is 0 Å². The molecular formula is C59H80O12. The van der Waals surface area contributed by atoms with E-state index in [1.54, 1.807) is 24.3 Å². The molecule has 0 aromatic heterocycles. The molecule has 4 N–H and O–H groups in total. The van der Waals surface area contributed by atoms with E-state index in [0.717, 1.165) is 44.5 Å². The lowest BCUT2D eigenvalue weighted by Crippen LogP contribution is -2.44. The van der Waals surface area contributed by atoms with Gasteiger partial charge in [-0.3, -0.25) is 19.2 Å². The molecule has 4 aromatic rings. The second-order valence-electron chi connectivity index (χ2n) is 23.5. The van der Waals surface area contributed by atoms with Gasteiger partial charge in [0, 0.05) is 25.7 Å². The van der Waals surface area contributed by atoms with Crippen LogP contribution >= 0.6 is 0 Å². The summed E-state index contributed by atoms with van der Waals surface area (Å²) in [6.07, 6.45) is 0.526. The summed E-state index contributed by atoms with van der Waals surface area (Å²) in [5, 5.41) is 43.4. The molecule has 0 bridgehead atoms. The minimum atomic E-state index is -1.57. The predicted molar refractivity (Wildman–Crippen MR) is 276 cm³/mol. The van der Waals surface area contributed by atoms with E-state index in [-0.39, 0.29) is 96.0 Å². The first-order valence-electron chi connectivity index (χ1n) is 24.7. The van der Waals surface area contributed by atoms with Gasteiger partial charge in [-0.25, -0.2) is 0 Å². The Kier molecular flexibility index (Phi) is 19.0. The van der Waals surface area contributed by atoms with E-state index in [9.17, 15) is 39.6 Å². The minimum Gasteiger partial charge on any atom is -0.508 e. The van der Waals surface area contributed by atoms with Crippen LogP contribution in [0.25, 0.3) is 0 Å². The molecule has 0 radical (unpaired) electrons. The molecule has 0 aliphatic heterocycles. The number of aromatic hydroxyl groups is 4. The maximum absolute atomic E-state index is 13.6. The van der Waals surface area contributed by atoms with E-state index in [2.05, 4.69) is 0 Å². The summed E-state index contributed by atoms with van der Waals surface area (Å²) in [7, 11) is 0. The van der Waals surface area contributed by atoms with Gasteiger partial charge >= 0.3 is 23.9 Å². The fourth-order valence-electron chi connectivity index (χ4n) is 8.35. The van der Waals surface area contributed by atoms with Crippen LogP contribution in [0.5, 0.6) is 23.0 Å². The third-order valence-corrected chi connectivity index (χ3v) is 12.6. The van der Waals surface area contributed by atoms with Gasteiger partial charge in [0.05, 0.1) is 0 Å². The van der Waals surface area contributed by atoms with Crippen LogP contribution in [-0.2, 0) is 85.5 Å². The van der Waals surface area contributed by atoms with E-state index in [1.165, 1.54) is 0 Å². The molecule has 0 aliphatic carbocycles. The van der Waals surface area contributed by atoms with Gasteiger partial charge in [-0.05, 0) is 118 Å². The summed E-state index contributed by atoms with van der Waals surface area (Å²) in [5.41, 5.74) is 4.59. The van der Waals surface area contributed by atoms with E-state index in [4.69, 9.17) is 18.9 Å². The second kappa shape index (κ2) is 23.5. The van der Waals surface area contributed by atoms with Crippen molar-refractivity contribution < 1.29 is 58.6 Å². The van der Waals surface area contributed by atoms with Crippen molar-refractivity contribution in [3.05, 3.63) is 116 Å². The highest BCUT2D eigenvalue weighted by Crippen LogP contribution is 2.37. The van der Waals surface area contributed by atoms with Gasteiger partial charge in [0.2, 0.25) is 0 Å². The fraction of sp³-hybridized carbons (Fsp3) is 0.525. The Labute approximate surface area is 422 Å². The zero-order valence-electron chi connectivity index (χ0n) is 44.8. The van der Waals surface area contributed by atoms with E-state index in [1.807, 2.05) is 133 Å². The van der Waals surface area contributed by atoms with E-state index >= 15 is 0 Å². The fourth-order valence-corrected chi connectivity index (χ4v) is 8.35. The zero-order chi connectivity index (χ0) is 53.3. The summed E-state index contributed by atoms with van der Waals surface area (Å²) >= 11 is 0. The van der Waals surface area contributed by atoms with Crippen molar-refractivity contribution in [3.8, 4) is 23.0 Å². The van der Waals surface area contributed by atoms with Crippen LogP contribution in [0, 0.1) is 19.3 Å². The maximum Gasteiger partial charge on any atom is 0.306 e. The van der Waals surface area contributed by atoms with Gasteiger partial charge in [0.25, 0.3) is 0 Å². The Morgan fingerprint density at radius 3 is 0.958 bits per heavy atom. The average molecular weight is 981 g/mol. The highest BCUT2D eigenvalue weighted by Gasteiger charge is 2.38. The summed E-state index contributed by atoms with van der Waals surface area (Å²) in [5.74, 6) is -2.00. The lowest BCUT2D eigenvalue weighted by molar-refractivity contribution is -0.170. The smallest absolute Gasteiger partial charge is 0.306 e. The third-order valence-electron chi connectivity index (χ3n) is 12.6. The van der Waals surface area contributed by atoms with Gasteiger partial charge < -0.3 is 39.4 Å². The first-order chi connectivity index (χ1) is 32.8. The van der Waals surface area contributed by atoms with Gasteiger partial charge in [0.1, 0.15) is 54.8 Å². The number of rotatable bonds is 20. The van der Waals surface area contributed by atoms with Gasteiger partial charge in [-0.15, -0.1) is 0 Å². The summed E-state index contributed by atoms with van der Waals surface area (Å²) < 4.78 is 23.6. The molecule has 0 aliphatic rings. The topological polar surface area (TPSA) is 186 Å². The molecule has 388 valence electrons. The predicted octanol–water partition coefficient (Wildman–Crippen LogP) is 11.3. The number of aryl methyl sites for hydroxylation is 6. The normalized spacial score (nSPS) is 12.4. The highest BCUT2D eigenvalue weighted by atomic mass is 16.6. The van der Waals surface area contributed by atoms with Crippen molar-refractivity contribution in [2.75, 3.05) is 26.4 Å². The second-order valence-corrected chi connectivity index (χ2v) is 23.5. The standard InChI is InChI=1S/C59H80O12/c1-37-27-41(53(66)45(29-37)57(9,10)11)19-25-51(64)70-35-59(33-68-49(62)23-17-39-15-21-47(60)43(31-39)55(3,4)5,34-69-50(63)24-18-40-16-22-48(61)44(32-40)56(6,7)8)36-71-52(65)26-20-42-28-38(2)30-46(54(42)67)58(12,13)14/h15-16,21-22,27-32,60-61,66-67H,17-20,23-26,33-36H2,1-14H3. The first kappa shape index (κ1) is 57.5. The quantitative estimate of drug-likeness (QED) is 0.0486. The van der Waals surface area contributed by atoms with Crippen molar-refractivity contribution in [1.82, 2.24) is 0 Å². The molecule has 0 spiro atoms. The SMILES string of the molecule is Cc1cc(CCC(=O)OCC(COC(=O)CCc2ccc(O)c(C(C)(C)C)c2)(COC(=O)CCc2ccc(O)c(C(C)(C)C)c2)COC(=O)CCc2cc(C)cc(C(C)(C)C)c2O)c(O)c(C(C)(C)C)c1. The van der Waals surface area contributed by atoms with Crippen LogP contribution in [-0.4, -0.2) is 70.7 Å². The molecule has 4 rings (SSSR count). The van der Waals surface area contributed by atoms with Crippen LogP contribution in [0.15, 0.2) is 60.7 Å². The Hall–Kier alpha value is -6.04. The summed E-state index contributed by atoms with van der Waals surface area (Å²) in [6.45, 7) is 25.8. The van der Waals surface area contributed by atoms with Crippen molar-refractivity contribution in [3.63, 3.8) is 0 Å². The number of phenols is 4. The number of carbonyl (C=O) groups excluding carboxylic acids is 4. The zero-order valence-corrected chi connectivity index (χ0v) is 44.8. The maximum atomic E-state index is 13.6. The van der Waals surface area contributed by atoms with Gasteiger partial charge in [-0.1, -0.05) is 143 Å². The van der Waals surface area contributed by atoms with Gasteiger partial charge in [0.15, 0.2) is 0 Å². The third kappa shape index (κ3) is 17.1. The first-order valence-corrected chi connectivity index (χ1v) is 24.7. The Balaban J connectivity index is 1.62. The molecule has 0 heterocycles. The van der Waals surface area contributed by atoms with E-state index < -0.39 is 55.7 Å². The van der Waals surface area contributed by atoms with Crippen LogP contribution in [0.2, 0.25) is 0 Å². The monoisotopic (exact) mass is 981 g/mol.